The molecule has 0 aliphatic heterocycles. The summed E-state index contributed by atoms with van der Waals surface area (Å²) >= 11 is 1.38. The molecule has 4 rings (SSSR count). The number of aromatic nitrogens is 2. The van der Waals surface area contributed by atoms with E-state index in [-0.39, 0.29) is 18.1 Å². The summed E-state index contributed by atoms with van der Waals surface area (Å²) in [5, 5.41) is 4.70. The van der Waals surface area contributed by atoms with Crippen LogP contribution in [0.1, 0.15) is 20.9 Å². The Kier molecular flexibility index (Phi) is 4.90. The van der Waals surface area contributed by atoms with Crippen LogP contribution in [0.4, 0.5) is 5.69 Å². The average Bonchev–Trinajstić information content (AvgIpc) is 3.21. The third kappa shape index (κ3) is 3.94. The van der Waals surface area contributed by atoms with Gasteiger partial charge in [0, 0.05) is 24.0 Å². The van der Waals surface area contributed by atoms with Crippen molar-refractivity contribution in [3.05, 3.63) is 92.7 Å². The van der Waals surface area contributed by atoms with Crippen LogP contribution in [0.3, 0.4) is 0 Å². The maximum absolute atomic E-state index is 12.2. The second-order valence-electron chi connectivity index (χ2n) is 6.27. The molecule has 0 unspecified atom stereocenters. The van der Waals surface area contributed by atoms with Crippen molar-refractivity contribution in [1.29, 1.82) is 0 Å². The molecule has 1 N–H and O–H groups in total. The van der Waals surface area contributed by atoms with E-state index in [2.05, 4.69) is 10.3 Å². The quantitative estimate of drug-likeness (QED) is 0.560. The number of rotatable bonds is 5. The lowest BCUT2D eigenvalue weighted by Crippen LogP contribution is -2.16. The Labute approximate surface area is 165 Å². The molecule has 3 aromatic heterocycles. The number of ether oxygens (including phenoxy) is 1. The van der Waals surface area contributed by atoms with Gasteiger partial charge in [0.25, 0.3) is 11.5 Å². The van der Waals surface area contributed by atoms with Crippen molar-refractivity contribution in [2.24, 2.45) is 0 Å². The predicted octanol–water partition coefficient (Wildman–Crippen LogP) is 3.90. The number of anilines is 1. The normalized spacial score (nSPS) is 10.8. The van der Waals surface area contributed by atoms with E-state index in [4.69, 9.17) is 4.74 Å². The van der Waals surface area contributed by atoms with Crippen LogP contribution in [0.5, 0.6) is 5.75 Å². The minimum atomic E-state index is -0.160. The van der Waals surface area contributed by atoms with E-state index in [0.717, 1.165) is 5.56 Å². The van der Waals surface area contributed by atoms with Crippen LogP contribution in [0.25, 0.3) is 5.65 Å². The van der Waals surface area contributed by atoms with E-state index in [1.807, 2.05) is 30.5 Å². The molecule has 1 amide bonds. The number of hydrogen-bond acceptors (Lipinski definition) is 5. The maximum atomic E-state index is 12.2. The molecule has 7 heteroatoms. The number of pyridine rings is 1. The summed E-state index contributed by atoms with van der Waals surface area (Å²) in [7, 11) is 0. The molecule has 0 aliphatic carbocycles. The summed E-state index contributed by atoms with van der Waals surface area (Å²) < 4.78 is 7.28. The Morgan fingerprint density at radius 2 is 2.07 bits per heavy atom. The van der Waals surface area contributed by atoms with Gasteiger partial charge in [0.2, 0.25) is 0 Å². The van der Waals surface area contributed by atoms with Crippen LogP contribution < -0.4 is 15.6 Å². The van der Waals surface area contributed by atoms with E-state index in [1.165, 1.54) is 21.8 Å². The van der Waals surface area contributed by atoms with Gasteiger partial charge in [-0.05, 0) is 48.2 Å². The first kappa shape index (κ1) is 17.9. The molecular formula is C21H17N3O3S. The maximum Gasteiger partial charge on any atom is 0.265 e. The molecule has 1 aromatic carbocycles. The predicted molar refractivity (Wildman–Crippen MR) is 109 cm³/mol. The van der Waals surface area contributed by atoms with Gasteiger partial charge in [-0.25, -0.2) is 4.98 Å². The number of fused-ring (bicyclic) bond motifs is 1. The Bertz CT molecular complexity index is 1200. The lowest BCUT2D eigenvalue weighted by molar-refractivity contribution is 0.103. The van der Waals surface area contributed by atoms with E-state index in [9.17, 15) is 9.59 Å². The number of thiophene rings is 1. The van der Waals surface area contributed by atoms with E-state index < -0.39 is 0 Å². The molecule has 6 nitrogen and oxygen atoms in total. The first-order valence-corrected chi connectivity index (χ1v) is 9.53. The van der Waals surface area contributed by atoms with Gasteiger partial charge in [-0.3, -0.25) is 14.0 Å². The molecule has 0 spiro atoms. The van der Waals surface area contributed by atoms with E-state index in [1.54, 1.807) is 36.5 Å². The van der Waals surface area contributed by atoms with Crippen molar-refractivity contribution in [2.45, 2.75) is 13.5 Å². The summed E-state index contributed by atoms with van der Waals surface area (Å²) in [5.41, 5.74) is 2.64. The van der Waals surface area contributed by atoms with Crippen LogP contribution in [0.15, 0.2) is 71.0 Å². The van der Waals surface area contributed by atoms with Crippen LogP contribution >= 0.6 is 11.3 Å². The average molecular weight is 391 g/mol. The number of hydrogen-bond donors (Lipinski definition) is 1. The second-order valence-corrected chi connectivity index (χ2v) is 7.21. The number of benzene rings is 1. The van der Waals surface area contributed by atoms with Crippen molar-refractivity contribution in [1.82, 2.24) is 9.38 Å². The molecule has 0 radical (unpaired) electrons. The lowest BCUT2D eigenvalue weighted by atomic mass is 10.3. The van der Waals surface area contributed by atoms with Gasteiger partial charge in [-0.2, -0.15) is 0 Å². The molecular weight excluding hydrogens is 374 g/mol. The molecule has 28 heavy (non-hydrogen) atoms. The number of nitrogens with one attached hydrogen (secondary N) is 1. The van der Waals surface area contributed by atoms with Gasteiger partial charge in [0.05, 0.1) is 10.6 Å². The number of amides is 1. The fourth-order valence-electron chi connectivity index (χ4n) is 2.75. The smallest absolute Gasteiger partial charge is 0.265 e. The Balaban J connectivity index is 1.48. The van der Waals surface area contributed by atoms with Crippen molar-refractivity contribution in [3.63, 3.8) is 0 Å². The molecule has 0 saturated carbocycles. The molecule has 0 bridgehead atoms. The van der Waals surface area contributed by atoms with Gasteiger partial charge in [0.1, 0.15) is 18.0 Å². The van der Waals surface area contributed by atoms with E-state index in [0.29, 0.717) is 27.7 Å². The Hall–Kier alpha value is -3.45. The summed E-state index contributed by atoms with van der Waals surface area (Å²) in [6.45, 7) is 2.10. The topological polar surface area (TPSA) is 72.7 Å². The molecule has 0 fully saturated rings. The van der Waals surface area contributed by atoms with Gasteiger partial charge >= 0.3 is 0 Å². The highest BCUT2D eigenvalue weighted by Gasteiger charge is 2.08. The molecule has 0 aliphatic rings. The summed E-state index contributed by atoms with van der Waals surface area (Å²) in [4.78, 5) is 29.5. The SMILES string of the molecule is Cc1ccn2c(=O)cc(COc3cccc(NC(=O)c4cccs4)c3)nc2c1. The van der Waals surface area contributed by atoms with Crippen LogP contribution in [-0.2, 0) is 6.61 Å². The van der Waals surface area contributed by atoms with Gasteiger partial charge < -0.3 is 10.1 Å². The highest BCUT2D eigenvalue weighted by molar-refractivity contribution is 7.12. The van der Waals surface area contributed by atoms with Crippen molar-refractivity contribution in [3.8, 4) is 5.75 Å². The Morgan fingerprint density at radius 1 is 1.18 bits per heavy atom. The summed E-state index contributed by atoms with van der Waals surface area (Å²) in [6, 6.07) is 15.9. The van der Waals surface area contributed by atoms with Crippen LogP contribution in [0, 0.1) is 6.92 Å². The summed E-state index contributed by atoms with van der Waals surface area (Å²) in [5.74, 6) is 0.418. The minimum absolute atomic E-state index is 0.152. The first-order chi connectivity index (χ1) is 13.6. The number of aryl methyl sites for hydroxylation is 1. The van der Waals surface area contributed by atoms with Gasteiger partial charge in [0.15, 0.2) is 0 Å². The van der Waals surface area contributed by atoms with Gasteiger partial charge in [-0.1, -0.05) is 12.1 Å². The van der Waals surface area contributed by atoms with Crippen LogP contribution in [0.2, 0.25) is 0 Å². The molecule has 140 valence electrons. The van der Waals surface area contributed by atoms with E-state index >= 15 is 0 Å². The fourth-order valence-corrected chi connectivity index (χ4v) is 3.37. The minimum Gasteiger partial charge on any atom is -0.487 e. The standard InChI is InChI=1S/C21H17N3O3S/c1-14-7-8-24-19(10-14)22-16(12-20(24)25)13-27-17-5-2-4-15(11-17)23-21(26)18-6-3-9-28-18/h2-12H,13H2,1H3,(H,23,26). The fraction of sp³-hybridized carbons (Fsp3) is 0.0952. The number of carbonyl (C=O) groups excluding carboxylic acids is 1. The molecule has 0 atom stereocenters. The molecule has 4 aromatic rings. The monoisotopic (exact) mass is 391 g/mol. The zero-order chi connectivity index (χ0) is 19.5. The van der Waals surface area contributed by atoms with Crippen molar-refractivity contribution in [2.75, 3.05) is 5.32 Å². The third-order valence-electron chi connectivity index (χ3n) is 4.10. The third-order valence-corrected chi connectivity index (χ3v) is 4.97. The first-order valence-electron chi connectivity index (χ1n) is 8.65. The largest absolute Gasteiger partial charge is 0.487 e. The second kappa shape index (κ2) is 7.66. The van der Waals surface area contributed by atoms with Crippen LogP contribution in [-0.4, -0.2) is 15.3 Å². The molecule has 0 saturated heterocycles. The zero-order valence-corrected chi connectivity index (χ0v) is 15.9. The van der Waals surface area contributed by atoms with Gasteiger partial charge in [-0.15, -0.1) is 11.3 Å². The van der Waals surface area contributed by atoms with Crippen molar-refractivity contribution >= 4 is 28.6 Å². The highest BCUT2D eigenvalue weighted by atomic mass is 32.1. The molecule has 3 heterocycles. The summed E-state index contributed by atoms with van der Waals surface area (Å²) in [6.07, 6.45) is 1.71. The zero-order valence-electron chi connectivity index (χ0n) is 15.1. The lowest BCUT2D eigenvalue weighted by Gasteiger charge is -2.09. The number of nitrogens with zero attached hydrogens (tertiary/aromatic N) is 2. The highest BCUT2D eigenvalue weighted by Crippen LogP contribution is 2.20. The number of carbonyl (C=O) groups is 1. The Morgan fingerprint density at radius 3 is 2.89 bits per heavy atom. The van der Waals surface area contributed by atoms with Crippen molar-refractivity contribution < 1.29 is 9.53 Å².